The first-order valence-electron chi connectivity index (χ1n) is 6.37. The zero-order chi connectivity index (χ0) is 12.7. The Morgan fingerprint density at radius 2 is 1.82 bits per heavy atom. The maximum Gasteiger partial charge on any atom is 0.0332 e. The van der Waals surface area contributed by atoms with E-state index in [0.29, 0.717) is 11.8 Å². The van der Waals surface area contributed by atoms with Gasteiger partial charge in [-0.2, -0.15) is 0 Å². The molecule has 96 valence electrons. The average molecular weight is 273 g/mol. The van der Waals surface area contributed by atoms with E-state index >= 15 is 0 Å². The monoisotopic (exact) mass is 272 g/mol. The van der Waals surface area contributed by atoms with Gasteiger partial charge < -0.3 is 0 Å². The fourth-order valence-corrected chi connectivity index (χ4v) is 3.02. The maximum atomic E-state index is 6.21. The Kier molecular flexibility index (Phi) is 6.37. The second kappa shape index (κ2) is 7.28. The Morgan fingerprint density at radius 3 is 2.35 bits per heavy atom. The molecule has 0 aromatic heterocycles. The van der Waals surface area contributed by atoms with Gasteiger partial charge in [0.05, 0.1) is 0 Å². The fraction of sp³-hybridized carbons (Fsp3) is 0.600. The van der Waals surface area contributed by atoms with Crippen molar-refractivity contribution >= 4 is 23.2 Å². The molecule has 0 bridgehead atoms. The molecule has 1 aromatic carbocycles. The molecule has 1 rings (SSSR count). The molecule has 0 heterocycles. The molecule has 2 heteroatoms. The molecule has 1 aromatic rings. The molecule has 17 heavy (non-hydrogen) atoms. The molecule has 0 saturated heterocycles. The quantitative estimate of drug-likeness (QED) is 0.467. The first kappa shape index (κ1) is 14.9. The molecule has 0 nitrogen and oxygen atoms in total. The largest absolute Gasteiger partial charge is 0.126 e. The van der Waals surface area contributed by atoms with Gasteiger partial charge in [-0.15, -0.1) is 23.2 Å². The molecule has 0 aliphatic carbocycles. The molecule has 0 atom stereocenters. The number of halogens is 2. The van der Waals surface area contributed by atoms with E-state index < -0.39 is 0 Å². The van der Waals surface area contributed by atoms with Crippen LogP contribution in [0.5, 0.6) is 0 Å². The zero-order valence-corrected chi connectivity index (χ0v) is 12.3. The van der Waals surface area contributed by atoms with Crippen molar-refractivity contribution in [3.05, 3.63) is 35.4 Å². The minimum atomic E-state index is -0.0513. The summed E-state index contributed by atoms with van der Waals surface area (Å²) in [6.07, 6.45) is 4.76. The minimum absolute atomic E-state index is 0.0513. The Morgan fingerprint density at radius 1 is 1.12 bits per heavy atom. The van der Waals surface area contributed by atoms with Crippen LogP contribution in [0.25, 0.3) is 0 Å². The van der Waals surface area contributed by atoms with E-state index in [0.717, 1.165) is 6.42 Å². The molecule has 0 aliphatic rings. The van der Waals surface area contributed by atoms with E-state index in [9.17, 15) is 0 Å². The van der Waals surface area contributed by atoms with Crippen LogP contribution in [0.1, 0.15) is 43.7 Å². The van der Waals surface area contributed by atoms with E-state index in [1.165, 1.54) is 30.4 Å². The van der Waals surface area contributed by atoms with Crippen LogP contribution in [0.15, 0.2) is 24.3 Å². The molecule has 0 spiro atoms. The van der Waals surface area contributed by atoms with Crippen LogP contribution in [-0.2, 0) is 5.41 Å². The second-order valence-corrected chi connectivity index (χ2v) is 5.41. The summed E-state index contributed by atoms with van der Waals surface area (Å²) in [6, 6.07) is 8.58. The van der Waals surface area contributed by atoms with Crippen molar-refractivity contribution in [2.24, 2.45) is 0 Å². The molecule has 0 saturated carbocycles. The summed E-state index contributed by atoms with van der Waals surface area (Å²) in [4.78, 5) is 0. The fourth-order valence-electron chi connectivity index (χ4n) is 2.16. The standard InChI is InChI=1S/C15H22Cl2/c1-3-4-5-9-15(11-16,12-17)14-8-6-7-13(2)10-14/h6-8,10H,3-5,9,11-12H2,1-2H3. The van der Waals surface area contributed by atoms with Crippen molar-refractivity contribution in [3.63, 3.8) is 0 Å². The number of benzene rings is 1. The van der Waals surface area contributed by atoms with E-state index in [1.807, 2.05) is 0 Å². The van der Waals surface area contributed by atoms with Crippen LogP contribution >= 0.6 is 23.2 Å². The lowest BCUT2D eigenvalue weighted by molar-refractivity contribution is 0.460. The van der Waals surface area contributed by atoms with Crippen molar-refractivity contribution in [1.29, 1.82) is 0 Å². The van der Waals surface area contributed by atoms with Gasteiger partial charge >= 0.3 is 0 Å². The van der Waals surface area contributed by atoms with Gasteiger partial charge in [-0.1, -0.05) is 56.0 Å². The summed E-state index contributed by atoms with van der Waals surface area (Å²) in [5.41, 5.74) is 2.51. The zero-order valence-electron chi connectivity index (χ0n) is 10.8. The lowest BCUT2D eigenvalue weighted by Crippen LogP contribution is -2.30. The molecule has 0 unspecified atom stereocenters. The number of unbranched alkanes of at least 4 members (excludes halogenated alkanes) is 2. The van der Waals surface area contributed by atoms with Gasteiger partial charge in [0.15, 0.2) is 0 Å². The topological polar surface area (TPSA) is 0 Å². The third-order valence-electron chi connectivity index (χ3n) is 3.40. The first-order chi connectivity index (χ1) is 8.18. The van der Waals surface area contributed by atoms with Gasteiger partial charge in [0, 0.05) is 17.2 Å². The Labute approximate surface area is 115 Å². The smallest absolute Gasteiger partial charge is 0.0332 e. The predicted molar refractivity (Wildman–Crippen MR) is 78.4 cm³/mol. The van der Waals surface area contributed by atoms with Crippen molar-refractivity contribution in [3.8, 4) is 0 Å². The van der Waals surface area contributed by atoms with Gasteiger partial charge in [0.2, 0.25) is 0 Å². The Balaban J connectivity index is 2.89. The minimum Gasteiger partial charge on any atom is -0.126 e. The summed E-state index contributed by atoms with van der Waals surface area (Å²) in [6.45, 7) is 4.33. The second-order valence-electron chi connectivity index (χ2n) is 4.87. The van der Waals surface area contributed by atoms with Crippen molar-refractivity contribution < 1.29 is 0 Å². The van der Waals surface area contributed by atoms with Crippen LogP contribution in [-0.4, -0.2) is 11.8 Å². The van der Waals surface area contributed by atoms with Crippen LogP contribution in [0.2, 0.25) is 0 Å². The Hall–Kier alpha value is -0.200. The SMILES string of the molecule is CCCCCC(CCl)(CCl)c1cccc(C)c1. The Bertz CT molecular complexity index is 329. The number of hydrogen-bond acceptors (Lipinski definition) is 0. The highest BCUT2D eigenvalue weighted by molar-refractivity contribution is 6.22. The van der Waals surface area contributed by atoms with Gasteiger partial charge in [-0.3, -0.25) is 0 Å². The van der Waals surface area contributed by atoms with Gasteiger partial charge in [0.1, 0.15) is 0 Å². The van der Waals surface area contributed by atoms with Gasteiger partial charge in [-0.05, 0) is 18.9 Å². The van der Waals surface area contributed by atoms with Crippen LogP contribution in [0, 0.1) is 6.92 Å². The van der Waals surface area contributed by atoms with E-state index in [-0.39, 0.29) is 5.41 Å². The normalized spacial score (nSPS) is 11.8. The highest BCUT2D eigenvalue weighted by Gasteiger charge is 2.29. The first-order valence-corrected chi connectivity index (χ1v) is 7.44. The molecular weight excluding hydrogens is 251 g/mol. The average Bonchev–Trinajstić information content (AvgIpc) is 2.35. The molecular formula is C15H22Cl2. The van der Waals surface area contributed by atoms with Crippen molar-refractivity contribution in [2.45, 2.75) is 44.9 Å². The van der Waals surface area contributed by atoms with Crippen LogP contribution < -0.4 is 0 Å². The summed E-state index contributed by atoms with van der Waals surface area (Å²) in [5.74, 6) is 1.20. The predicted octanol–water partition coefficient (Wildman–Crippen LogP) is 5.29. The third kappa shape index (κ3) is 3.89. The molecule has 0 fully saturated rings. The number of hydrogen-bond donors (Lipinski definition) is 0. The summed E-state index contributed by atoms with van der Waals surface area (Å²) < 4.78 is 0. The summed E-state index contributed by atoms with van der Waals surface area (Å²) >= 11 is 12.4. The van der Waals surface area contributed by atoms with Crippen LogP contribution in [0.3, 0.4) is 0 Å². The third-order valence-corrected chi connectivity index (χ3v) is 4.42. The molecule has 0 N–H and O–H groups in total. The lowest BCUT2D eigenvalue weighted by atomic mass is 9.79. The summed E-state index contributed by atoms with van der Waals surface area (Å²) in [5, 5.41) is 0. The van der Waals surface area contributed by atoms with E-state index in [4.69, 9.17) is 23.2 Å². The number of rotatable bonds is 7. The molecule has 0 aliphatic heterocycles. The van der Waals surface area contributed by atoms with Gasteiger partial charge in [-0.25, -0.2) is 0 Å². The van der Waals surface area contributed by atoms with Crippen LogP contribution in [0.4, 0.5) is 0 Å². The van der Waals surface area contributed by atoms with Crippen molar-refractivity contribution in [1.82, 2.24) is 0 Å². The van der Waals surface area contributed by atoms with Crippen molar-refractivity contribution in [2.75, 3.05) is 11.8 Å². The summed E-state index contributed by atoms with van der Waals surface area (Å²) in [7, 11) is 0. The van der Waals surface area contributed by atoms with E-state index in [1.54, 1.807) is 0 Å². The maximum absolute atomic E-state index is 6.21. The highest BCUT2D eigenvalue weighted by atomic mass is 35.5. The van der Waals surface area contributed by atoms with E-state index in [2.05, 4.69) is 38.1 Å². The number of alkyl halides is 2. The molecule has 0 radical (unpaired) electrons. The van der Waals surface area contributed by atoms with Gasteiger partial charge in [0.25, 0.3) is 0 Å². The highest BCUT2D eigenvalue weighted by Crippen LogP contribution is 2.33. The lowest BCUT2D eigenvalue weighted by Gasteiger charge is -2.30. The number of aryl methyl sites for hydroxylation is 1. The molecule has 0 amide bonds.